The molecule has 0 bridgehead atoms. The van der Waals surface area contributed by atoms with Crippen molar-refractivity contribution < 1.29 is 0 Å². The van der Waals surface area contributed by atoms with Crippen molar-refractivity contribution in [3.05, 3.63) is 63.6 Å². The van der Waals surface area contributed by atoms with Crippen LogP contribution in [0.25, 0.3) is 0 Å². The molecule has 2 aromatic rings. The van der Waals surface area contributed by atoms with Gasteiger partial charge in [0.05, 0.1) is 0 Å². The minimum Gasteiger partial charge on any atom is -0.358 e. The largest absolute Gasteiger partial charge is 0.358 e. The highest BCUT2D eigenvalue weighted by atomic mass is 79.9. The van der Waals surface area contributed by atoms with E-state index in [1.807, 2.05) is 12.1 Å². The van der Waals surface area contributed by atoms with E-state index in [0.717, 1.165) is 16.7 Å². The van der Waals surface area contributed by atoms with Crippen molar-refractivity contribution in [1.29, 1.82) is 0 Å². The number of thiocarbonyl (C=S) groups is 1. The van der Waals surface area contributed by atoms with Gasteiger partial charge < -0.3 is 10.6 Å². The van der Waals surface area contributed by atoms with Crippen LogP contribution in [0.3, 0.4) is 0 Å². The Morgan fingerprint density at radius 1 is 1.15 bits per heavy atom. The third-order valence-electron chi connectivity index (χ3n) is 2.95. The lowest BCUT2D eigenvalue weighted by molar-refractivity contribution is 0.924. The first-order valence-corrected chi connectivity index (χ1v) is 7.61. The van der Waals surface area contributed by atoms with Crippen LogP contribution in [-0.2, 0) is 6.54 Å². The molecule has 0 aromatic heterocycles. The molecule has 2 aromatic carbocycles. The van der Waals surface area contributed by atoms with Crippen LogP contribution in [-0.4, -0.2) is 5.11 Å². The van der Waals surface area contributed by atoms with Crippen molar-refractivity contribution >= 4 is 38.9 Å². The molecule has 0 amide bonds. The summed E-state index contributed by atoms with van der Waals surface area (Å²) in [5, 5.41) is 7.04. The van der Waals surface area contributed by atoms with Crippen LogP contribution in [0.4, 0.5) is 5.69 Å². The highest BCUT2D eigenvalue weighted by Gasteiger charge is 2.00. The number of halogens is 1. The summed E-state index contributed by atoms with van der Waals surface area (Å²) in [7, 11) is 0. The normalized spacial score (nSPS) is 10.2. The minimum absolute atomic E-state index is 0.633. The monoisotopic (exact) mass is 348 g/mol. The van der Waals surface area contributed by atoms with E-state index < -0.39 is 0 Å². The standard InChI is InChI=1S/C16H17BrN2S/c1-11-4-3-5-13(8-11)10-18-16(20)19-14-6-7-15(17)12(2)9-14/h3-9H,10H2,1-2H3,(H2,18,19,20). The van der Waals surface area contributed by atoms with Gasteiger partial charge in [0, 0.05) is 16.7 Å². The first-order valence-electron chi connectivity index (χ1n) is 6.41. The van der Waals surface area contributed by atoms with Crippen LogP contribution in [0.5, 0.6) is 0 Å². The maximum absolute atomic E-state index is 5.31. The van der Waals surface area contributed by atoms with Gasteiger partial charge in [0.25, 0.3) is 0 Å². The quantitative estimate of drug-likeness (QED) is 0.795. The number of nitrogens with one attached hydrogen (secondary N) is 2. The summed E-state index contributed by atoms with van der Waals surface area (Å²) in [6, 6.07) is 14.5. The van der Waals surface area contributed by atoms with Gasteiger partial charge in [-0.05, 0) is 55.4 Å². The molecule has 0 radical (unpaired) electrons. The molecule has 2 N–H and O–H groups in total. The van der Waals surface area contributed by atoms with Crippen LogP contribution < -0.4 is 10.6 Å². The first kappa shape index (κ1) is 15.0. The highest BCUT2D eigenvalue weighted by Crippen LogP contribution is 2.19. The molecule has 0 atom stereocenters. The lowest BCUT2D eigenvalue weighted by Gasteiger charge is -2.12. The Morgan fingerprint density at radius 2 is 1.95 bits per heavy atom. The molecule has 4 heteroatoms. The number of benzene rings is 2. The Kier molecular flexibility index (Phi) is 5.15. The molecule has 0 fully saturated rings. The van der Waals surface area contributed by atoms with Crippen LogP contribution in [0.2, 0.25) is 0 Å². The summed E-state index contributed by atoms with van der Waals surface area (Å²) in [5.41, 5.74) is 4.65. The highest BCUT2D eigenvalue weighted by molar-refractivity contribution is 9.10. The molecule has 0 aliphatic rings. The van der Waals surface area contributed by atoms with E-state index in [1.54, 1.807) is 0 Å². The van der Waals surface area contributed by atoms with Crippen molar-refractivity contribution in [3.63, 3.8) is 0 Å². The lowest BCUT2D eigenvalue weighted by atomic mass is 10.1. The van der Waals surface area contributed by atoms with Gasteiger partial charge in [0.15, 0.2) is 5.11 Å². The molecule has 0 spiro atoms. The molecular formula is C16H17BrN2S. The number of hydrogen-bond donors (Lipinski definition) is 2. The predicted octanol–water partition coefficient (Wildman–Crippen LogP) is 4.55. The summed E-state index contributed by atoms with van der Waals surface area (Å²) >= 11 is 8.80. The van der Waals surface area contributed by atoms with Gasteiger partial charge in [-0.1, -0.05) is 45.8 Å². The number of aryl methyl sites for hydroxylation is 2. The van der Waals surface area contributed by atoms with E-state index in [4.69, 9.17) is 12.2 Å². The summed E-state index contributed by atoms with van der Waals surface area (Å²) in [6.45, 7) is 4.87. The maximum Gasteiger partial charge on any atom is 0.171 e. The van der Waals surface area contributed by atoms with Gasteiger partial charge in [0.2, 0.25) is 0 Å². The van der Waals surface area contributed by atoms with Crippen molar-refractivity contribution in [2.24, 2.45) is 0 Å². The van der Waals surface area contributed by atoms with E-state index in [1.165, 1.54) is 16.7 Å². The third-order valence-corrected chi connectivity index (χ3v) is 4.09. The van der Waals surface area contributed by atoms with Crippen LogP contribution in [0.15, 0.2) is 46.9 Å². The Morgan fingerprint density at radius 3 is 2.65 bits per heavy atom. The molecule has 2 rings (SSSR count). The van der Waals surface area contributed by atoms with Crippen molar-refractivity contribution in [2.45, 2.75) is 20.4 Å². The van der Waals surface area contributed by atoms with Crippen molar-refractivity contribution in [1.82, 2.24) is 5.32 Å². The van der Waals surface area contributed by atoms with Crippen molar-refractivity contribution in [2.75, 3.05) is 5.32 Å². The average molecular weight is 349 g/mol. The number of anilines is 1. The predicted molar refractivity (Wildman–Crippen MR) is 93.1 cm³/mol. The van der Waals surface area contributed by atoms with E-state index in [9.17, 15) is 0 Å². The van der Waals surface area contributed by atoms with Crippen molar-refractivity contribution in [3.8, 4) is 0 Å². The summed E-state index contributed by atoms with van der Waals surface area (Å²) in [5.74, 6) is 0. The van der Waals surface area contributed by atoms with Gasteiger partial charge in [-0.15, -0.1) is 0 Å². The van der Waals surface area contributed by atoms with Crippen LogP contribution >= 0.6 is 28.1 Å². The maximum atomic E-state index is 5.31. The molecule has 0 saturated carbocycles. The fourth-order valence-electron chi connectivity index (χ4n) is 1.90. The molecule has 0 unspecified atom stereocenters. The molecule has 0 aliphatic carbocycles. The Balaban J connectivity index is 1.91. The first-order chi connectivity index (χ1) is 9.54. The second-order valence-corrected chi connectivity index (χ2v) is 6.02. The van der Waals surface area contributed by atoms with Crippen LogP contribution in [0.1, 0.15) is 16.7 Å². The smallest absolute Gasteiger partial charge is 0.171 e. The second kappa shape index (κ2) is 6.86. The molecule has 0 heterocycles. The van der Waals surface area contributed by atoms with Gasteiger partial charge in [-0.2, -0.15) is 0 Å². The topological polar surface area (TPSA) is 24.1 Å². The number of hydrogen-bond acceptors (Lipinski definition) is 1. The molecule has 20 heavy (non-hydrogen) atoms. The fourth-order valence-corrected chi connectivity index (χ4v) is 2.34. The van der Waals surface area contributed by atoms with E-state index in [0.29, 0.717) is 5.11 Å². The van der Waals surface area contributed by atoms with E-state index >= 15 is 0 Å². The zero-order chi connectivity index (χ0) is 14.5. The van der Waals surface area contributed by atoms with Gasteiger partial charge >= 0.3 is 0 Å². The second-order valence-electron chi connectivity index (χ2n) is 4.76. The SMILES string of the molecule is Cc1cccc(CNC(=S)Nc2ccc(Br)c(C)c2)c1. The van der Waals surface area contributed by atoms with Crippen LogP contribution in [0, 0.1) is 13.8 Å². The summed E-state index contributed by atoms with van der Waals surface area (Å²) in [6.07, 6.45) is 0. The molecular weight excluding hydrogens is 332 g/mol. The number of rotatable bonds is 3. The van der Waals surface area contributed by atoms with E-state index in [2.05, 4.69) is 70.7 Å². The zero-order valence-corrected chi connectivity index (χ0v) is 13.9. The molecule has 104 valence electrons. The van der Waals surface area contributed by atoms with E-state index in [-0.39, 0.29) is 0 Å². The Bertz CT molecular complexity index is 626. The molecule has 0 saturated heterocycles. The van der Waals surface area contributed by atoms with Gasteiger partial charge in [0.1, 0.15) is 0 Å². The Labute approximate surface area is 133 Å². The third kappa shape index (κ3) is 4.32. The molecule has 0 aliphatic heterocycles. The van der Waals surface area contributed by atoms with Gasteiger partial charge in [-0.25, -0.2) is 0 Å². The average Bonchev–Trinajstić information content (AvgIpc) is 2.41. The fraction of sp³-hybridized carbons (Fsp3) is 0.188. The Hall–Kier alpha value is -1.39. The zero-order valence-electron chi connectivity index (χ0n) is 11.5. The lowest BCUT2D eigenvalue weighted by Crippen LogP contribution is -2.27. The minimum atomic E-state index is 0.633. The molecule has 2 nitrogen and oxygen atoms in total. The summed E-state index contributed by atoms with van der Waals surface area (Å²) in [4.78, 5) is 0. The summed E-state index contributed by atoms with van der Waals surface area (Å²) < 4.78 is 1.10. The van der Waals surface area contributed by atoms with Gasteiger partial charge in [-0.3, -0.25) is 0 Å².